The van der Waals surface area contributed by atoms with Crippen molar-refractivity contribution < 1.29 is 21.6 Å². The van der Waals surface area contributed by atoms with Crippen molar-refractivity contribution in [2.75, 3.05) is 18.1 Å². The highest BCUT2D eigenvalue weighted by Crippen LogP contribution is 2.29. The van der Waals surface area contributed by atoms with Crippen molar-refractivity contribution in [1.29, 1.82) is 0 Å². The number of benzene rings is 4. The Hall–Kier alpha value is -4.30. The maximum absolute atomic E-state index is 13.3. The zero-order chi connectivity index (χ0) is 34.1. The number of thiazole rings is 1. The summed E-state index contributed by atoms with van der Waals surface area (Å²) in [5.74, 6) is -0.362. The van der Waals surface area contributed by atoms with Gasteiger partial charge in [-0.1, -0.05) is 72.8 Å². The first-order valence-corrected chi connectivity index (χ1v) is 19.6. The number of aromatic nitrogens is 1. The minimum Gasteiger partial charge on any atom is -0.294 e. The number of carbonyl (C=O) groups is 1. The van der Waals surface area contributed by atoms with Crippen LogP contribution in [0.4, 0.5) is 0 Å². The molecule has 10 nitrogen and oxygen atoms in total. The van der Waals surface area contributed by atoms with Crippen LogP contribution < -0.4 is 0 Å². The predicted octanol–water partition coefficient (Wildman–Crippen LogP) is 7.57. The van der Waals surface area contributed by atoms with Gasteiger partial charge in [0, 0.05) is 45.3 Å². The highest BCUT2D eigenvalue weighted by Gasteiger charge is 2.24. The summed E-state index contributed by atoms with van der Waals surface area (Å²) < 4.78 is 53.6. The SMILES string of the molecule is Cc1nc(-c2ccccc2)sc1C(=O)CS(=O)(=O)c1ccc(CN(CCSc2ccccc2)Cc2ccc(S(=O)(=O)N=[N+]=[N-])cc2)cc1. The van der Waals surface area contributed by atoms with Gasteiger partial charge in [0.1, 0.15) is 10.8 Å². The van der Waals surface area contributed by atoms with Crippen molar-refractivity contribution in [3.8, 4) is 10.6 Å². The van der Waals surface area contributed by atoms with E-state index in [1.165, 1.54) is 35.6 Å². The van der Waals surface area contributed by atoms with Gasteiger partial charge >= 0.3 is 0 Å². The molecule has 0 saturated heterocycles. The Bertz CT molecular complexity index is 2130. The fourth-order valence-corrected chi connectivity index (χ4v) is 8.80. The molecule has 4 aromatic carbocycles. The Balaban J connectivity index is 1.28. The van der Waals surface area contributed by atoms with Crippen molar-refractivity contribution in [1.82, 2.24) is 9.88 Å². The van der Waals surface area contributed by atoms with Crippen LogP contribution in [0.1, 0.15) is 26.5 Å². The van der Waals surface area contributed by atoms with E-state index < -0.39 is 31.4 Å². The third-order valence-corrected chi connectivity index (χ3v) is 12.3. The van der Waals surface area contributed by atoms with E-state index in [4.69, 9.17) is 5.53 Å². The number of ketones is 1. The van der Waals surface area contributed by atoms with Crippen molar-refractivity contribution >= 4 is 48.7 Å². The molecule has 1 aromatic heterocycles. The summed E-state index contributed by atoms with van der Waals surface area (Å²) in [4.78, 5) is 23.6. The first kappa shape index (κ1) is 35.0. The van der Waals surface area contributed by atoms with Crippen LogP contribution in [0.3, 0.4) is 0 Å². The zero-order valence-corrected chi connectivity index (χ0v) is 29.1. The Labute approximate surface area is 288 Å². The van der Waals surface area contributed by atoms with Gasteiger partial charge in [-0.05, 0) is 60.0 Å². The number of hydrogen-bond acceptors (Lipinski definition) is 9. The normalized spacial score (nSPS) is 11.7. The molecule has 0 spiro atoms. The lowest BCUT2D eigenvalue weighted by molar-refractivity contribution is 0.102. The molecule has 0 aliphatic carbocycles. The Morgan fingerprint density at radius 1 is 0.833 bits per heavy atom. The summed E-state index contributed by atoms with van der Waals surface area (Å²) in [5, 5.41) is 0.666. The fraction of sp³-hybridized carbons (Fsp3) is 0.176. The maximum atomic E-state index is 13.3. The first-order chi connectivity index (χ1) is 23.0. The summed E-state index contributed by atoms with van der Waals surface area (Å²) in [7, 11) is -7.99. The third kappa shape index (κ3) is 9.19. The monoisotopic (exact) mass is 717 g/mol. The molecule has 0 unspecified atom stereocenters. The van der Waals surface area contributed by atoms with Crippen LogP contribution in [0, 0.1) is 6.92 Å². The molecular formula is C34H31N5O5S4. The second kappa shape index (κ2) is 15.7. The summed E-state index contributed by atoms with van der Waals surface area (Å²) in [6, 6.07) is 32.2. The maximum Gasteiger partial charge on any atom is 0.264 e. The lowest BCUT2D eigenvalue weighted by Gasteiger charge is -2.23. The summed E-state index contributed by atoms with van der Waals surface area (Å²) in [5.41, 5.74) is 11.7. The smallest absolute Gasteiger partial charge is 0.264 e. The fourth-order valence-electron chi connectivity index (χ4n) is 4.88. The molecular weight excluding hydrogens is 687 g/mol. The second-order valence-corrected chi connectivity index (χ2v) is 16.5. The molecule has 0 atom stereocenters. The molecule has 0 bridgehead atoms. The Morgan fingerprint density at radius 2 is 1.40 bits per heavy atom. The molecule has 0 aliphatic heterocycles. The van der Waals surface area contributed by atoms with Crippen molar-refractivity contribution in [2.45, 2.75) is 34.7 Å². The molecule has 0 fully saturated rings. The van der Waals surface area contributed by atoms with Crippen LogP contribution in [-0.2, 0) is 33.0 Å². The molecule has 5 aromatic rings. The first-order valence-electron chi connectivity index (χ1n) is 14.7. The number of carbonyl (C=O) groups excluding carboxylic acids is 1. The molecule has 0 N–H and O–H groups in total. The van der Waals surface area contributed by atoms with Gasteiger partial charge < -0.3 is 0 Å². The lowest BCUT2D eigenvalue weighted by atomic mass is 10.1. The molecule has 1 heterocycles. The van der Waals surface area contributed by atoms with Crippen LogP contribution in [0.2, 0.25) is 0 Å². The number of rotatable bonds is 15. The van der Waals surface area contributed by atoms with Gasteiger partial charge in [-0.15, -0.1) is 23.1 Å². The van der Waals surface area contributed by atoms with Gasteiger partial charge in [0.05, 0.1) is 20.4 Å². The topological polar surface area (TPSA) is 150 Å². The van der Waals surface area contributed by atoms with Gasteiger partial charge in [0.15, 0.2) is 15.6 Å². The van der Waals surface area contributed by atoms with Gasteiger partial charge in [0.2, 0.25) is 0 Å². The number of hydrogen-bond donors (Lipinski definition) is 0. The summed E-state index contributed by atoms with van der Waals surface area (Å²) in [6.45, 7) is 3.38. The molecule has 0 saturated carbocycles. The zero-order valence-electron chi connectivity index (χ0n) is 25.8. The lowest BCUT2D eigenvalue weighted by Crippen LogP contribution is -2.25. The summed E-state index contributed by atoms with van der Waals surface area (Å²) >= 11 is 2.90. The number of sulfonamides is 1. The molecule has 246 valence electrons. The number of sulfone groups is 1. The number of nitrogens with zero attached hydrogens (tertiary/aromatic N) is 5. The van der Waals surface area contributed by atoms with E-state index >= 15 is 0 Å². The van der Waals surface area contributed by atoms with E-state index in [0.717, 1.165) is 27.3 Å². The molecule has 14 heteroatoms. The van der Waals surface area contributed by atoms with Crippen LogP contribution >= 0.6 is 23.1 Å². The Morgan fingerprint density at radius 3 is 1.98 bits per heavy atom. The molecule has 5 rings (SSSR count). The quantitative estimate of drug-likeness (QED) is 0.0354. The molecule has 48 heavy (non-hydrogen) atoms. The van der Waals surface area contributed by atoms with E-state index in [1.54, 1.807) is 43.0 Å². The standard InChI is InChI=1S/C34H31N5O5S4/c1-25-33(46-34(36-25)28-8-4-2-5-9-28)32(40)24-47(41,42)30-16-12-26(13-17-30)22-39(20-21-45-29-10-6-3-7-11-29)23-27-14-18-31(19-15-27)48(43,44)38-37-35/h2-19H,20-24H2,1H3. The molecule has 0 amide bonds. The van der Waals surface area contributed by atoms with E-state index in [-0.39, 0.29) is 9.79 Å². The minimum atomic E-state index is -4.08. The van der Waals surface area contributed by atoms with Gasteiger partial charge in [-0.2, -0.15) is 0 Å². The van der Waals surface area contributed by atoms with Gasteiger partial charge in [0.25, 0.3) is 10.0 Å². The van der Waals surface area contributed by atoms with E-state index in [2.05, 4.69) is 19.3 Å². The van der Waals surface area contributed by atoms with E-state index in [0.29, 0.717) is 35.2 Å². The van der Waals surface area contributed by atoms with Gasteiger partial charge in [-0.25, -0.2) is 21.8 Å². The number of azide groups is 1. The van der Waals surface area contributed by atoms with Gasteiger partial charge in [-0.3, -0.25) is 9.69 Å². The number of Topliss-reactive ketones (excluding diaryl/α,β-unsaturated/α-hetero) is 1. The summed E-state index contributed by atoms with van der Waals surface area (Å²) in [6.07, 6.45) is 0. The van der Waals surface area contributed by atoms with E-state index in [1.807, 2.05) is 60.7 Å². The highest BCUT2D eigenvalue weighted by molar-refractivity contribution is 7.99. The average Bonchev–Trinajstić information content (AvgIpc) is 3.47. The molecule has 0 aliphatic rings. The van der Waals surface area contributed by atoms with Crippen LogP contribution in [0.25, 0.3) is 21.0 Å². The van der Waals surface area contributed by atoms with Crippen LogP contribution in [-0.4, -0.2) is 50.6 Å². The Kier molecular flexibility index (Phi) is 11.5. The van der Waals surface area contributed by atoms with Crippen molar-refractivity contribution in [2.24, 2.45) is 4.52 Å². The number of aryl methyl sites for hydroxylation is 1. The number of thioether (sulfide) groups is 1. The molecule has 0 radical (unpaired) electrons. The van der Waals surface area contributed by atoms with Crippen LogP contribution in [0.5, 0.6) is 0 Å². The third-order valence-electron chi connectivity index (χ3n) is 7.27. The second-order valence-electron chi connectivity index (χ2n) is 10.8. The van der Waals surface area contributed by atoms with Crippen molar-refractivity contribution in [3.05, 3.63) is 141 Å². The van der Waals surface area contributed by atoms with Crippen LogP contribution in [0.15, 0.2) is 128 Å². The largest absolute Gasteiger partial charge is 0.294 e. The van der Waals surface area contributed by atoms with E-state index in [9.17, 15) is 21.6 Å². The highest BCUT2D eigenvalue weighted by atomic mass is 32.2. The predicted molar refractivity (Wildman–Crippen MR) is 189 cm³/mol. The minimum absolute atomic E-state index is 0.0630. The average molecular weight is 718 g/mol. The van der Waals surface area contributed by atoms with Crippen molar-refractivity contribution in [3.63, 3.8) is 0 Å².